The maximum atomic E-state index is 13.2. The normalized spacial score (nSPS) is 10.6. The van der Waals surface area contributed by atoms with Crippen LogP contribution in [0, 0.1) is 5.82 Å². The second-order valence-corrected chi connectivity index (χ2v) is 5.00. The number of hydrogen-bond donors (Lipinski definition) is 2. The average Bonchev–Trinajstić information content (AvgIpc) is 2.91. The molecule has 0 aliphatic carbocycles. The number of carbonyl (C=O) groups is 2. The van der Waals surface area contributed by atoms with E-state index in [9.17, 15) is 14.0 Å². The Balaban J connectivity index is 1.81. The standard InChI is InChI=1S/C17H13FN2O2/c1-10(21)11-2-5-14(6-3-11)19-17(22)16-9-12-8-13(18)4-7-15(12)20-16/h2-9,20H,1H3,(H,19,22). The van der Waals surface area contributed by atoms with Crippen LogP contribution in [0.15, 0.2) is 48.5 Å². The molecule has 0 bridgehead atoms. The number of nitrogens with one attached hydrogen (secondary N) is 2. The predicted octanol–water partition coefficient (Wildman–Crippen LogP) is 3.76. The van der Waals surface area contributed by atoms with Crippen LogP contribution in [0.1, 0.15) is 27.8 Å². The van der Waals surface area contributed by atoms with Gasteiger partial charge in [0.1, 0.15) is 11.5 Å². The number of amides is 1. The molecule has 0 unspecified atom stereocenters. The van der Waals surface area contributed by atoms with Crippen molar-refractivity contribution in [2.45, 2.75) is 6.92 Å². The number of aromatic amines is 1. The van der Waals surface area contributed by atoms with E-state index in [-0.39, 0.29) is 17.5 Å². The van der Waals surface area contributed by atoms with Gasteiger partial charge in [0.25, 0.3) is 5.91 Å². The van der Waals surface area contributed by atoms with Crippen molar-refractivity contribution in [2.75, 3.05) is 5.32 Å². The number of H-pyrrole nitrogens is 1. The van der Waals surface area contributed by atoms with Crippen LogP contribution in [-0.4, -0.2) is 16.7 Å². The molecule has 110 valence electrons. The van der Waals surface area contributed by atoms with Crippen LogP contribution in [0.5, 0.6) is 0 Å². The first kappa shape index (κ1) is 14.0. The van der Waals surface area contributed by atoms with Crippen molar-refractivity contribution in [3.05, 3.63) is 65.6 Å². The Morgan fingerprint density at radius 3 is 2.45 bits per heavy atom. The SMILES string of the molecule is CC(=O)c1ccc(NC(=O)c2cc3cc(F)ccc3[nH]2)cc1. The number of carbonyl (C=O) groups excluding carboxylic acids is 2. The summed E-state index contributed by atoms with van der Waals surface area (Å²) in [6.07, 6.45) is 0. The lowest BCUT2D eigenvalue weighted by molar-refractivity contribution is 0.101. The van der Waals surface area contributed by atoms with Crippen LogP contribution in [0.2, 0.25) is 0 Å². The van der Waals surface area contributed by atoms with Crippen LogP contribution in [-0.2, 0) is 0 Å². The summed E-state index contributed by atoms with van der Waals surface area (Å²) in [6, 6.07) is 12.5. The summed E-state index contributed by atoms with van der Waals surface area (Å²) >= 11 is 0. The van der Waals surface area contributed by atoms with E-state index in [0.29, 0.717) is 27.8 Å². The fraction of sp³-hybridized carbons (Fsp3) is 0.0588. The molecular formula is C17H13FN2O2. The van der Waals surface area contributed by atoms with Crippen molar-refractivity contribution >= 4 is 28.3 Å². The van der Waals surface area contributed by atoms with Crippen molar-refractivity contribution in [3.63, 3.8) is 0 Å². The Morgan fingerprint density at radius 2 is 1.77 bits per heavy atom. The molecule has 0 aliphatic rings. The first-order chi connectivity index (χ1) is 10.5. The number of hydrogen-bond acceptors (Lipinski definition) is 2. The molecule has 0 saturated carbocycles. The summed E-state index contributed by atoms with van der Waals surface area (Å²) in [6.45, 7) is 1.48. The van der Waals surface area contributed by atoms with Gasteiger partial charge in [-0.2, -0.15) is 0 Å². The molecule has 1 aromatic heterocycles. The van der Waals surface area contributed by atoms with Gasteiger partial charge in [-0.3, -0.25) is 9.59 Å². The minimum Gasteiger partial charge on any atom is -0.351 e. The third-order valence-corrected chi connectivity index (χ3v) is 3.38. The van der Waals surface area contributed by atoms with E-state index in [2.05, 4.69) is 10.3 Å². The summed E-state index contributed by atoms with van der Waals surface area (Å²) < 4.78 is 13.2. The summed E-state index contributed by atoms with van der Waals surface area (Å²) in [4.78, 5) is 26.3. The number of Topliss-reactive ketones (excluding diaryl/α,β-unsaturated/α-hetero) is 1. The van der Waals surface area contributed by atoms with Gasteiger partial charge in [-0.05, 0) is 55.5 Å². The fourth-order valence-corrected chi connectivity index (χ4v) is 2.21. The van der Waals surface area contributed by atoms with Gasteiger partial charge < -0.3 is 10.3 Å². The van der Waals surface area contributed by atoms with Gasteiger partial charge in [-0.25, -0.2) is 4.39 Å². The van der Waals surface area contributed by atoms with E-state index in [1.54, 1.807) is 36.4 Å². The Bertz CT molecular complexity index is 866. The molecule has 5 heteroatoms. The first-order valence-electron chi connectivity index (χ1n) is 6.73. The highest BCUT2D eigenvalue weighted by Crippen LogP contribution is 2.18. The highest BCUT2D eigenvalue weighted by molar-refractivity contribution is 6.06. The minimum absolute atomic E-state index is 0.0319. The van der Waals surface area contributed by atoms with E-state index < -0.39 is 0 Å². The third-order valence-electron chi connectivity index (χ3n) is 3.38. The van der Waals surface area contributed by atoms with E-state index >= 15 is 0 Å². The third kappa shape index (κ3) is 2.74. The molecule has 0 atom stereocenters. The predicted molar refractivity (Wildman–Crippen MR) is 82.7 cm³/mol. The van der Waals surface area contributed by atoms with Gasteiger partial charge in [0.2, 0.25) is 0 Å². The molecule has 4 nitrogen and oxygen atoms in total. The Kier molecular flexibility index (Phi) is 3.47. The molecule has 1 amide bonds. The number of ketones is 1. The number of rotatable bonds is 3. The summed E-state index contributed by atoms with van der Waals surface area (Å²) in [5.74, 6) is -0.707. The smallest absolute Gasteiger partial charge is 0.272 e. The minimum atomic E-state index is -0.349. The van der Waals surface area contributed by atoms with E-state index in [0.717, 1.165) is 0 Å². The van der Waals surface area contributed by atoms with Crippen LogP contribution in [0.25, 0.3) is 10.9 Å². The van der Waals surface area contributed by atoms with E-state index in [1.807, 2.05) is 0 Å². The van der Waals surface area contributed by atoms with Crippen LogP contribution >= 0.6 is 0 Å². The van der Waals surface area contributed by atoms with Gasteiger partial charge in [0.05, 0.1) is 0 Å². The Hall–Kier alpha value is -2.95. The zero-order valence-electron chi connectivity index (χ0n) is 11.8. The molecule has 0 spiro atoms. The molecule has 0 radical (unpaired) electrons. The number of halogens is 1. The largest absolute Gasteiger partial charge is 0.351 e. The molecule has 0 saturated heterocycles. The molecule has 0 fully saturated rings. The lowest BCUT2D eigenvalue weighted by Crippen LogP contribution is -2.12. The number of fused-ring (bicyclic) bond motifs is 1. The number of aromatic nitrogens is 1. The van der Waals surface area contributed by atoms with Crippen molar-refractivity contribution < 1.29 is 14.0 Å². The van der Waals surface area contributed by atoms with Crippen LogP contribution < -0.4 is 5.32 Å². The van der Waals surface area contributed by atoms with E-state index in [4.69, 9.17) is 0 Å². The van der Waals surface area contributed by atoms with Crippen LogP contribution in [0.4, 0.5) is 10.1 Å². The van der Waals surface area contributed by atoms with Gasteiger partial charge in [-0.1, -0.05) is 0 Å². The zero-order valence-corrected chi connectivity index (χ0v) is 11.8. The monoisotopic (exact) mass is 296 g/mol. The first-order valence-corrected chi connectivity index (χ1v) is 6.73. The van der Waals surface area contributed by atoms with Crippen molar-refractivity contribution in [3.8, 4) is 0 Å². The highest BCUT2D eigenvalue weighted by Gasteiger charge is 2.10. The fourth-order valence-electron chi connectivity index (χ4n) is 2.21. The lowest BCUT2D eigenvalue weighted by atomic mass is 10.1. The van der Waals surface area contributed by atoms with Crippen molar-refractivity contribution in [2.24, 2.45) is 0 Å². The molecular weight excluding hydrogens is 283 g/mol. The molecule has 2 N–H and O–H groups in total. The van der Waals surface area contributed by atoms with E-state index in [1.165, 1.54) is 19.1 Å². The lowest BCUT2D eigenvalue weighted by Gasteiger charge is -2.04. The zero-order chi connectivity index (χ0) is 15.7. The summed E-state index contributed by atoms with van der Waals surface area (Å²) in [7, 11) is 0. The van der Waals surface area contributed by atoms with Crippen LogP contribution in [0.3, 0.4) is 0 Å². The second-order valence-electron chi connectivity index (χ2n) is 5.00. The van der Waals surface area contributed by atoms with Crippen molar-refractivity contribution in [1.29, 1.82) is 0 Å². The summed E-state index contributed by atoms with van der Waals surface area (Å²) in [5.41, 5.74) is 2.20. The van der Waals surface area contributed by atoms with Gasteiger partial charge in [-0.15, -0.1) is 0 Å². The maximum Gasteiger partial charge on any atom is 0.272 e. The Labute approximate surface area is 126 Å². The van der Waals surface area contributed by atoms with Crippen molar-refractivity contribution in [1.82, 2.24) is 4.98 Å². The topological polar surface area (TPSA) is 62.0 Å². The molecule has 0 aliphatic heterocycles. The van der Waals surface area contributed by atoms with Gasteiger partial charge >= 0.3 is 0 Å². The summed E-state index contributed by atoms with van der Waals surface area (Å²) in [5, 5.41) is 3.36. The molecule has 3 aromatic rings. The molecule has 22 heavy (non-hydrogen) atoms. The highest BCUT2D eigenvalue weighted by atomic mass is 19.1. The molecule has 3 rings (SSSR count). The number of benzene rings is 2. The maximum absolute atomic E-state index is 13.2. The quantitative estimate of drug-likeness (QED) is 0.723. The molecule has 1 heterocycles. The van der Waals surface area contributed by atoms with Gasteiger partial charge in [0.15, 0.2) is 5.78 Å². The number of anilines is 1. The second kappa shape index (κ2) is 5.44. The van der Waals surface area contributed by atoms with Gasteiger partial charge in [0, 0.05) is 22.2 Å². The molecule has 2 aromatic carbocycles. The Morgan fingerprint density at radius 1 is 1.05 bits per heavy atom. The average molecular weight is 296 g/mol.